The summed E-state index contributed by atoms with van der Waals surface area (Å²) in [6, 6.07) is 8.04. The number of carbonyl (C=O) groups excluding carboxylic acids is 2. The van der Waals surface area contributed by atoms with E-state index in [4.69, 9.17) is 0 Å². The van der Waals surface area contributed by atoms with E-state index in [9.17, 15) is 14.7 Å². The Morgan fingerprint density at radius 1 is 1.20 bits per heavy atom. The first kappa shape index (κ1) is 17.9. The molecule has 1 fully saturated rings. The Kier molecular flexibility index (Phi) is 6.08. The van der Waals surface area contributed by atoms with Crippen LogP contribution in [0.3, 0.4) is 0 Å². The lowest BCUT2D eigenvalue weighted by Crippen LogP contribution is -2.33. The summed E-state index contributed by atoms with van der Waals surface area (Å²) >= 11 is 0. The Bertz CT molecular complexity index is 617. The van der Waals surface area contributed by atoms with Crippen LogP contribution in [0.2, 0.25) is 0 Å². The van der Waals surface area contributed by atoms with Crippen LogP contribution < -0.4 is 10.2 Å². The van der Waals surface area contributed by atoms with Crippen molar-refractivity contribution in [3.05, 3.63) is 29.8 Å². The van der Waals surface area contributed by atoms with Crippen LogP contribution in [0.15, 0.2) is 24.3 Å². The van der Waals surface area contributed by atoms with Crippen molar-refractivity contribution in [1.29, 1.82) is 0 Å². The van der Waals surface area contributed by atoms with Gasteiger partial charge < -0.3 is 15.3 Å². The summed E-state index contributed by atoms with van der Waals surface area (Å²) in [6.07, 6.45) is 5.97. The second-order valence-electron chi connectivity index (χ2n) is 7.19. The van der Waals surface area contributed by atoms with Crippen molar-refractivity contribution >= 4 is 17.5 Å². The number of hydrogen-bond acceptors (Lipinski definition) is 3. The summed E-state index contributed by atoms with van der Waals surface area (Å²) in [4.78, 5) is 26.3. The van der Waals surface area contributed by atoms with E-state index in [1.807, 2.05) is 23.1 Å². The molecule has 5 nitrogen and oxygen atoms in total. The predicted octanol–water partition coefficient (Wildman–Crippen LogP) is 2.41. The van der Waals surface area contributed by atoms with Crippen molar-refractivity contribution < 1.29 is 14.7 Å². The van der Waals surface area contributed by atoms with Gasteiger partial charge >= 0.3 is 0 Å². The SMILES string of the molecule is O=C(C[C@@H]1CCCC[C@H]1O)NCCCC(=O)N1CCc2ccccc21. The maximum absolute atomic E-state index is 12.4. The maximum atomic E-state index is 12.4. The molecule has 2 N–H and O–H groups in total. The molecule has 1 aliphatic heterocycles. The van der Waals surface area contributed by atoms with Crippen LogP contribution in [-0.4, -0.2) is 36.1 Å². The third kappa shape index (κ3) is 4.60. The first-order chi connectivity index (χ1) is 12.1. The minimum Gasteiger partial charge on any atom is -0.393 e. The summed E-state index contributed by atoms with van der Waals surface area (Å²) in [6.45, 7) is 1.27. The van der Waals surface area contributed by atoms with E-state index in [0.717, 1.165) is 44.3 Å². The van der Waals surface area contributed by atoms with Crippen molar-refractivity contribution in [2.45, 2.75) is 57.5 Å². The highest BCUT2D eigenvalue weighted by molar-refractivity contribution is 5.95. The van der Waals surface area contributed by atoms with Gasteiger partial charge in [-0.1, -0.05) is 31.0 Å². The molecular formula is C20H28N2O3. The Morgan fingerprint density at radius 2 is 2.00 bits per heavy atom. The average molecular weight is 344 g/mol. The van der Waals surface area contributed by atoms with Crippen molar-refractivity contribution in [3.8, 4) is 0 Å². The van der Waals surface area contributed by atoms with Gasteiger partial charge in [0, 0.05) is 31.6 Å². The van der Waals surface area contributed by atoms with Crippen LogP contribution in [0.1, 0.15) is 50.5 Å². The van der Waals surface area contributed by atoms with Gasteiger partial charge in [-0.05, 0) is 43.2 Å². The fourth-order valence-corrected chi connectivity index (χ4v) is 3.94. The molecule has 1 aliphatic carbocycles. The lowest BCUT2D eigenvalue weighted by molar-refractivity contribution is -0.124. The monoisotopic (exact) mass is 344 g/mol. The molecular weight excluding hydrogens is 316 g/mol. The number of aliphatic hydroxyl groups excluding tert-OH is 1. The van der Waals surface area contributed by atoms with Gasteiger partial charge in [0.15, 0.2) is 0 Å². The molecule has 136 valence electrons. The Balaban J connectivity index is 1.36. The Hall–Kier alpha value is -1.88. The van der Waals surface area contributed by atoms with Crippen LogP contribution in [0, 0.1) is 5.92 Å². The largest absolute Gasteiger partial charge is 0.393 e. The molecule has 0 saturated heterocycles. The van der Waals surface area contributed by atoms with E-state index in [2.05, 4.69) is 11.4 Å². The molecule has 0 spiro atoms. The molecule has 1 saturated carbocycles. The zero-order valence-electron chi connectivity index (χ0n) is 14.7. The van der Waals surface area contributed by atoms with Gasteiger partial charge in [0.2, 0.25) is 11.8 Å². The standard InChI is InChI=1S/C20H28N2O3/c23-18-9-4-2-7-16(18)14-19(24)21-12-5-10-20(25)22-13-11-15-6-1-3-8-17(15)22/h1,3,6,8,16,18,23H,2,4-5,7,9-14H2,(H,21,24)/t16-,18+/m0/s1. The van der Waals surface area contributed by atoms with Gasteiger partial charge in [-0.2, -0.15) is 0 Å². The molecule has 5 heteroatoms. The van der Waals surface area contributed by atoms with Gasteiger partial charge in [0.1, 0.15) is 0 Å². The molecule has 1 aromatic rings. The molecule has 0 aromatic heterocycles. The van der Waals surface area contributed by atoms with E-state index in [1.54, 1.807) is 0 Å². The van der Waals surface area contributed by atoms with Crippen molar-refractivity contribution in [2.24, 2.45) is 5.92 Å². The predicted molar refractivity (Wildman–Crippen MR) is 97.3 cm³/mol. The summed E-state index contributed by atoms with van der Waals surface area (Å²) in [5.41, 5.74) is 2.26. The van der Waals surface area contributed by atoms with Crippen LogP contribution in [-0.2, 0) is 16.0 Å². The van der Waals surface area contributed by atoms with Crippen molar-refractivity contribution in [2.75, 3.05) is 18.0 Å². The van der Waals surface area contributed by atoms with Crippen LogP contribution in [0.4, 0.5) is 5.69 Å². The minimum atomic E-state index is -0.337. The Labute approximate surface area is 149 Å². The number of anilines is 1. The quantitative estimate of drug-likeness (QED) is 0.779. The lowest BCUT2D eigenvalue weighted by atomic mass is 9.84. The van der Waals surface area contributed by atoms with E-state index in [-0.39, 0.29) is 23.8 Å². The number of fused-ring (bicyclic) bond motifs is 1. The van der Waals surface area contributed by atoms with Gasteiger partial charge in [-0.15, -0.1) is 0 Å². The normalized spacial score (nSPS) is 22.5. The van der Waals surface area contributed by atoms with Crippen molar-refractivity contribution in [3.63, 3.8) is 0 Å². The van der Waals surface area contributed by atoms with Crippen LogP contribution in [0.5, 0.6) is 0 Å². The van der Waals surface area contributed by atoms with Gasteiger partial charge in [-0.3, -0.25) is 9.59 Å². The lowest BCUT2D eigenvalue weighted by Gasteiger charge is -2.26. The summed E-state index contributed by atoms with van der Waals surface area (Å²) < 4.78 is 0. The first-order valence-corrected chi connectivity index (χ1v) is 9.48. The number of nitrogens with one attached hydrogen (secondary N) is 1. The van der Waals surface area contributed by atoms with Crippen LogP contribution in [0.25, 0.3) is 0 Å². The highest BCUT2D eigenvalue weighted by Crippen LogP contribution is 2.28. The number of carbonyl (C=O) groups is 2. The van der Waals surface area contributed by atoms with E-state index >= 15 is 0 Å². The highest BCUT2D eigenvalue weighted by atomic mass is 16.3. The van der Waals surface area contributed by atoms with Gasteiger partial charge in [0.05, 0.1) is 6.10 Å². The molecule has 2 aliphatic rings. The van der Waals surface area contributed by atoms with Crippen LogP contribution >= 0.6 is 0 Å². The molecule has 25 heavy (non-hydrogen) atoms. The number of aliphatic hydroxyl groups is 1. The molecule has 2 atom stereocenters. The zero-order valence-corrected chi connectivity index (χ0v) is 14.7. The van der Waals surface area contributed by atoms with Crippen molar-refractivity contribution in [1.82, 2.24) is 5.32 Å². The molecule has 0 unspecified atom stereocenters. The average Bonchev–Trinajstić information content (AvgIpc) is 3.05. The smallest absolute Gasteiger partial charge is 0.227 e. The molecule has 0 radical (unpaired) electrons. The summed E-state index contributed by atoms with van der Waals surface area (Å²) in [5.74, 6) is 0.211. The number of rotatable bonds is 6. The maximum Gasteiger partial charge on any atom is 0.227 e. The molecule has 1 aromatic carbocycles. The topological polar surface area (TPSA) is 69.6 Å². The fourth-order valence-electron chi connectivity index (χ4n) is 3.94. The number of benzene rings is 1. The summed E-state index contributed by atoms with van der Waals surface area (Å²) in [5, 5.41) is 12.8. The number of para-hydroxylation sites is 1. The second kappa shape index (κ2) is 8.48. The number of nitrogens with zero attached hydrogens (tertiary/aromatic N) is 1. The highest BCUT2D eigenvalue weighted by Gasteiger charge is 2.25. The molecule has 3 rings (SSSR count). The minimum absolute atomic E-state index is 0.00934. The molecule has 1 heterocycles. The van der Waals surface area contributed by atoms with E-state index in [1.165, 1.54) is 5.56 Å². The second-order valence-corrected chi connectivity index (χ2v) is 7.19. The van der Waals surface area contributed by atoms with Gasteiger partial charge in [-0.25, -0.2) is 0 Å². The fraction of sp³-hybridized carbons (Fsp3) is 0.600. The zero-order chi connectivity index (χ0) is 17.6. The van der Waals surface area contributed by atoms with Gasteiger partial charge in [0.25, 0.3) is 0 Å². The molecule has 0 bridgehead atoms. The third-order valence-electron chi connectivity index (χ3n) is 5.39. The Morgan fingerprint density at radius 3 is 2.84 bits per heavy atom. The third-order valence-corrected chi connectivity index (χ3v) is 5.39. The van der Waals surface area contributed by atoms with E-state index < -0.39 is 0 Å². The number of amides is 2. The summed E-state index contributed by atoms with van der Waals surface area (Å²) in [7, 11) is 0. The first-order valence-electron chi connectivity index (χ1n) is 9.48. The molecule has 2 amide bonds. The number of hydrogen-bond donors (Lipinski definition) is 2. The van der Waals surface area contributed by atoms with E-state index in [0.29, 0.717) is 25.8 Å².